The lowest BCUT2D eigenvalue weighted by molar-refractivity contribution is 0.122. The van der Waals surface area contributed by atoms with Crippen LogP contribution in [0.2, 0.25) is 0 Å². The van der Waals surface area contributed by atoms with Crippen molar-refractivity contribution in [3.63, 3.8) is 0 Å². The van der Waals surface area contributed by atoms with E-state index in [-0.39, 0.29) is 5.82 Å². The minimum absolute atomic E-state index is 0.300. The normalized spacial score (nSPS) is 16.1. The molecule has 2 aromatic heterocycles. The van der Waals surface area contributed by atoms with Crippen molar-refractivity contribution in [3.05, 3.63) is 65.6 Å². The summed E-state index contributed by atoms with van der Waals surface area (Å²) in [7, 11) is 0. The van der Waals surface area contributed by atoms with Gasteiger partial charge in [0.25, 0.3) is 0 Å². The number of nitrogens with one attached hydrogen (secondary N) is 3. The molecule has 2 aromatic carbocycles. The number of aromatic amines is 1. The summed E-state index contributed by atoms with van der Waals surface area (Å²) in [6.45, 7) is 4.63. The summed E-state index contributed by atoms with van der Waals surface area (Å²) in [5, 5.41) is 7.82. The highest BCUT2D eigenvalue weighted by Gasteiger charge is 2.19. The van der Waals surface area contributed by atoms with E-state index in [4.69, 9.17) is 14.7 Å². The van der Waals surface area contributed by atoms with Gasteiger partial charge in [-0.2, -0.15) is 4.98 Å². The number of ether oxygens (including phenoxy) is 1. The maximum atomic E-state index is 14.4. The van der Waals surface area contributed by atoms with Crippen molar-refractivity contribution in [2.24, 2.45) is 0 Å². The Kier molecular flexibility index (Phi) is 5.16. The Morgan fingerprint density at radius 2 is 1.97 bits per heavy atom. The van der Waals surface area contributed by atoms with Crippen molar-refractivity contribution in [1.29, 1.82) is 0 Å². The van der Waals surface area contributed by atoms with Gasteiger partial charge in [0, 0.05) is 54.1 Å². The van der Waals surface area contributed by atoms with Gasteiger partial charge in [-0.3, -0.25) is 0 Å². The van der Waals surface area contributed by atoms with Crippen LogP contribution in [0.1, 0.15) is 11.1 Å². The first-order valence-corrected chi connectivity index (χ1v) is 11.3. The average molecular weight is 445 g/mol. The van der Waals surface area contributed by atoms with E-state index >= 15 is 0 Å². The van der Waals surface area contributed by atoms with E-state index in [0.29, 0.717) is 24.9 Å². The second kappa shape index (κ2) is 8.46. The zero-order valence-corrected chi connectivity index (χ0v) is 18.2. The number of hydrogen-bond donors (Lipinski definition) is 3. The standard InChI is InChI=1S/C25H25FN6O/c26-17-12-20(19-5-7-28-22(19)13-17)23-14-24(32-8-10-33-11-9-32)31-25(30-23)29-21-3-1-2-16-15-27-6-4-18(16)21/h1-3,5,7,12-14,27-28H,4,6,8-11,15H2,(H,29,30,31). The molecular formula is C25H25FN6O. The third-order valence-corrected chi connectivity index (χ3v) is 6.34. The Labute approximate surface area is 191 Å². The molecule has 4 heterocycles. The van der Waals surface area contributed by atoms with Crippen LogP contribution in [0.25, 0.3) is 22.2 Å². The highest BCUT2D eigenvalue weighted by atomic mass is 19.1. The molecule has 168 valence electrons. The van der Waals surface area contributed by atoms with Crippen LogP contribution >= 0.6 is 0 Å². The number of rotatable bonds is 4. The van der Waals surface area contributed by atoms with Gasteiger partial charge in [-0.15, -0.1) is 0 Å². The number of benzene rings is 2. The van der Waals surface area contributed by atoms with E-state index in [1.165, 1.54) is 17.2 Å². The highest BCUT2D eigenvalue weighted by Crippen LogP contribution is 2.32. The van der Waals surface area contributed by atoms with E-state index in [1.807, 2.05) is 18.3 Å². The molecule has 0 atom stereocenters. The lowest BCUT2D eigenvalue weighted by Gasteiger charge is -2.28. The number of nitrogens with zero attached hydrogens (tertiary/aromatic N) is 3. The summed E-state index contributed by atoms with van der Waals surface area (Å²) < 4.78 is 20.0. The fourth-order valence-corrected chi connectivity index (χ4v) is 4.70. The Morgan fingerprint density at radius 3 is 2.88 bits per heavy atom. The summed E-state index contributed by atoms with van der Waals surface area (Å²) in [6.07, 6.45) is 2.77. The molecule has 0 radical (unpaired) electrons. The predicted molar refractivity (Wildman–Crippen MR) is 127 cm³/mol. The van der Waals surface area contributed by atoms with Gasteiger partial charge in [-0.25, -0.2) is 9.37 Å². The predicted octanol–water partition coefficient (Wildman–Crippen LogP) is 3.99. The largest absolute Gasteiger partial charge is 0.378 e. The topological polar surface area (TPSA) is 78.1 Å². The Balaban J connectivity index is 1.46. The molecule has 1 saturated heterocycles. The molecule has 0 spiro atoms. The molecule has 4 aromatic rings. The maximum absolute atomic E-state index is 14.4. The molecule has 1 fully saturated rings. The minimum Gasteiger partial charge on any atom is -0.378 e. The first-order valence-electron chi connectivity index (χ1n) is 11.3. The molecule has 0 aliphatic carbocycles. The molecule has 3 N–H and O–H groups in total. The van der Waals surface area contributed by atoms with Crippen LogP contribution < -0.4 is 15.5 Å². The van der Waals surface area contributed by atoms with Crippen molar-refractivity contribution in [2.45, 2.75) is 13.0 Å². The van der Waals surface area contributed by atoms with Crippen LogP contribution in [0.15, 0.2) is 48.7 Å². The van der Waals surface area contributed by atoms with Crippen LogP contribution in [0, 0.1) is 5.82 Å². The quantitative estimate of drug-likeness (QED) is 0.442. The van der Waals surface area contributed by atoms with Gasteiger partial charge < -0.3 is 25.3 Å². The van der Waals surface area contributed by atoms with E-state index in [0.717, 1.165) is 60.6 Å². The van der Waals surface area contributed by atoms with Crippen LogP contribution in [0.5, 0.6) is 0 Å². The molecule has 0 amide bonds. The smallest absolute Gasteiger partial charge is 0.229 e. The van der Waals surface area contributed by atoms with Crippen molar-refractivity contribution in [1.82, 2.24) is 20.3 Å². The molecule has 2 aliphatic rings. The van der Waals surface area contributed by atoms with Gasteiger partial charge in [0.2, 0.25) is 5.95 Å². The second-order valence-corrected chi connectivity index (χ2v) is 8.42. The monoisotopic (exact) mass is 444 g/mol. The summed E-state index contributed by atoms with van der Waals surface area (Å²) >= 11 is 0. The first-order chi connectivity index (χ1) is 16.2. The van der Waals surface area contributed by atoms with Crippen LogP contribution in [-0.2, 0) is 17.7 Å². The third-order valence-electron chi connectivity index (χ3n) is 6.34. The zero-order valence-electron chi connectivity index (χ0n) is 18.2. The number of halogens is 1. The fourth-order valence-electron chi connectivity index (χ4n) is 4.70. The van der Waals surface area contributed by atoms with Crippen LogP contribution in [0.3, 0.4) is 0 Å². The third kappa shape index (κ3) is 3.92. The molecule has 0 unspecified atom stereocenters. The lowest BCUT2D eigenvalue weighted by Crippen LogP contribution is -2.36. The van der Waals surface area contributed by atoms with Crippen molar-refractivity contribution in [3.8, 4) is 11.3 Å². The van der Waals surface area contributed by atoms with Crippen LogP contribution in [-0.4, -0.2) is 47.8 Å². The molecule has 0 bridgehead atoms. The summed E-state index contributed by atoms with van der Waals surface area (Å²) in [4.78, 5) is 15.0. The van der Waals surface area contributed by atoms with Crippen molar-refractivity contribution in [2.75, 3.05) is 43.1 Å². The second-order valence-electron chi connectivity index (χ2n) is 8.42. The Bertz CT molecular complexity index is 1310. The number of anilines is 3. The lowest BCUT2D eigenvalue weighted by atomic mass is 9.99. The first kappa shape index (κ1) is 20.1. The summed E-state index contributed by atoms with van der Waals surface area (Å²) in [6, 6.07) is 13.2. The Morgan fingerprint density at radius 1 is 1.06 bits per heavy atom. The number of aromatic nitrogens is 3. The highest BCUT2D eigenvalue weighted by molar-refractivity contribution is 5.94. The average Bonchev–Trinajstić information content (AvgIpc) is 3.32. The van der Waals surface area contributed by atoms with Gasteiger partial charge in [-0.1, -0.05) is 12.1 Å². The number of morpholine rings is 1. The van der Waals surface area contributed by atoms with Crippen molar-refractivity contribution < 1.29 is 9.13 Å². The summed E-state index contributed by atoms with van der Waals surface area (Å²) in [5.74, 6) is 1.02. The number of fused-ring (bicyclic) bond motifs is 2. The van der Waals surface area contributed by atoms with E-state index < -0.39 is 0 Å². The molecule has 7 nitrogen and oxygen atoms in total. The molecule has 2 aliphatic heterocycles. The number of hydrogen-bond acceptors (Lipinski definition) is 6. The molecule has 8 heteroatoms. The minimum atomic E-state index is -0.300. The van der Waals surface area contributed by atoms with Gasteiger partial charge in [-0.05, 0) is 48.4 Å². The summed E-state index contributed by atoms with van der Waals surface area (Å²) in [5.41, 5.74) is 5.77. The van der Waals surface area contributed by atoms with E-state index in [1.54, 1.807) is 6.07 Å². The van der Waals surface area contributed by atoms with E-state index in [2.05, 4.69) is 38.7 Å². The van der Waals surface area contributed by atoms with Gasteiger partial charge >= 0.3 is 0 Å². The molecule has 6 rings (SSSR count). The molecule has 33 heavy (non-hydrogen) atoms. The molecular weight excluding hydrogens is 419 g/mol. The SMILES string of the molecule is Fc1cc(-c2cc(N3CCOCC3)nc(Nc3cccc4c3CCNC4)n2)c2cc[nH]c2c1. The van der Waals surface area contributed by atoms with Crippen molar-refractivity contribution >= 4 is 28.4 Å². The Hall–Kier alpha value is -3.49. The number of H-pyrrole nitrogens is 1. The van der Waals surface area contributed by atoms with Gasteiger partial charge in [0.1, 0.15) is 11.6 Å². The zero-order chi connectivity index (χ0) is 22.2. The van der Waals surface area contributed by atoms with E-state index in [9.17, 15) is 4.39 Å². The van der Waals surface area contributed by atoms with Gasteiger partial charge in [0.15, 0.2) is 0 Å². The van der Waals surface area contributed by atoms with Gasteiger partial charge in [0.05, 0.1) is 18.9 Å². The maximum Gasteiger partial charge on any atom is 0.229 e. The molecule has 0 saturated carbocycles. The van der Waals surface area contributed by atoms with Crippen LogP contribution in [0.4, 0.5) is 21.8 Å². The fraction of sp³-hybridized carbons (Fsp3) is 0.280.